The molecular formula is C13H17NO2. The van der Waals surface area contributed by atoms with E-state index in [0.29, 0.717) is 5.75 Å². The van der Waals surface area contributed by atoms with Gasteiger partial charge in [-0.2, -0.15) is 0 Å². The molecule has 1 aliphatic carbocycles. The van der Waals surface area contributed by atoms with Crippen LogP contribution in [0.2, 0.25) is 0 Å². The second-order valence-electron chi connectivity index (χ2n) is 4.58. The van der Waals surface area contributed by atoms with E-state index in [1.165, 1.54) is 0 Å². The van der Waals surface area contributed by atoms with Crippen molar-refractivity contribution in [2.45, 2.75) is 31.7 Å². The van der Waals surface area contributed by atoms with E-state index in [-0.39, 0.29) is 17.2 Å². The number of hydrogen-bond acceptors (Lipinski definition) is 3. The summed E-state index contributed by atoms with van der Waals surface area (Å²) in [5.74, 6) is 0.738. The van der Waals surface area contributed by atoms with Crippen LogP contribution < -0.4 is 5.32 Å². The van der Waals surface area contributed by atoms with E-state index in [1.807, 2.05) is 26.1 Å². The average molecular weight is 219 g/mol. The highest BCUT2D eigenvalue weighted by atomic mass is 16.3. The smallest absolute Gasteiger partial charge is 0.150 e. The molecule has 1 fully saturated rings. The van der Waals surface area contributed by atoms with Crippen molar-refractivity contribution in [2.24, 2.45) is 0 Å². The number of aryl methyl sites for hydroxylation is 1. The molecule has 3 heteroatoms. The Morgan fingerprint density at radius 3 is 2.69 bits per heavy atom. The molecule has 2 unspecified atom stereocenters. The Morgan fingerprint density at radius 1 is 1.56 bits per heavy atom. The van der Waals surface area contributed by atoms with Gasteiger partial charge in [-0.25, -0.2) is 0 Å². The summed E-state index contributed by atoms with van der Waals surface area (Å²) in [5.41, 5.74) is 1.61. The molecule has 2 rings (SSSR count). The minimum absolute atomic E-state index is 0.186. The summed E-state index contributed by atoms with van der Waals surface area (Å²) >= 11 is 0. The number of ketones is 1. The fourth-order valence-corrected chi connectivity index (χ4v) is 2.40. The molecule has 0 saturated heterocycles. The van der Waals surface area contributed by atoms with Crippen molar-refractivity contribution in [3.8, 4) is 5.75 Å². The first-order valence-electron chi connectivity index (χ1n) is 5.50. The molecule has 0 heterocycles. The van der Waals surface area contributed by atoms with Gasteiger partial charge in [-0.1, -0.05) is 12.1 Å². The molecule has 0 spiro atoms. The van der Waals surface area contributed by atoms with Crippen LogP contribution in [0.5, 0.6) is 5.75 Å². The zero-order chi connectivity index (χ0) is 11.9. The van der Waals surface area contributed by atoms with Crippen LogP contribution >= 0.6 is 0 Å². The van der Waals surface area contributed by atoms with Gasteiger partial charge in [0, 0.05) is 5.92 Å². The Labute approximate surface area is 95.5 Å². The summed E-state index contributed by atoms with van der Waals surface area (Å²) in [6.07, 6.45) is 0.850. The van der Waals surface area contributed by atoms with Crippen molar-refractivity contribution >= 4 is 5.78 Å². The van der Waals surface area contributed by atoms with Crippen LogP contribution in [0.3, 0.4) is 0 Å². The molecule has 2 atom stereocenters. The lowest BCUT2D eigenvalue weighted by Gasteiger charge is -2.13. The molecule has 16 heavy (non-hydrogen) atoms. The summed E-state index contributed by atoms with van der Waals surface area (Å²) < 4.78 is 0. The molecular weight excluding hydrogens is 202 g/mol. The number of carbonyl (C=O) groups excluding carboxylic acids is 1. The number of likely N-dealkylation sites (N-methyl/N-ethyl adjacent to an activating group) is 1. The minimum Gasteiger partial charge on any atom is -0.508 e. The molecule has 0 bridgehead atoms. The number of hydrogen-bond donors (Lipinski definition) is 2. The highest BCUT2D eigenvalue weighted by molar-refractivity contribution is 5.91. The predicted octanol–water partition coefficient (Wildman–Crippen LogP) is 1.74. The Hall–Kier alpha value is -1.35. The molecule has 1 aliphatic rings. The third-order valence-corrected chi connectivity index (χ3v) is 3.66. The molecule has 0 amide bonds. The van der Waals surface area contributed by atoms with Gasteiger partial charge in [0.05, 0.1) is 5.54 Å². The highest BCUT2D eigenvalue weighted by Crippen LogP contribution is 2.52. The zero-order valence-corrected chi connectivity index (χ0v) is 9.87. The molecule has 0 aliphatic heterocycles. The molecule has 3 nitrogen and oxygen atoms in total. The van der Waals surface area contributed by atoms with Crippen molar-refractivity contribution in [3.63, 3.8) is 0 Å². The Kier molecular flexibility index (Phi) is 2.50. The lowest BCUT2D eigenvalue weighted by molar-refractivity contribution is -0.119. The molecule has 1 saturated carbocycles. The van der Waals surface area contributed by atoms with E-state index in [4.69, 9.17) is 0 Å². The first-order chi connectivity index (χ1) is 7.51. The summed E-state index contributed by atoms with van der Waals surface area (Å²) in [5, 5.41) is 12.6. The van der Waals surface area contributed by atoms with Crippen molar-refractivity contribution in [1.82, 2.24) is 5.32 Å². The van der Waals surface area contributed by atoms with Crippen LogP contribution in [0, 0.1) is 6.92 Å². The van der Waals surface area contributed by atoms with Crippen LogP contribution in [0.1, 0.15) is 30.4 Å². The largest absolute Gasteiger partial charge is 0.508 e. The third-order valence-electron chi connectivity index (χ3n) is 3.66. The van der Waals surface area contributed by atoms with E-state index in [1.54, 1.807) is 13.0 Å². The van der Waals surface area contributed by atoms with Gasteiger partial charge in [0.15, 0.2) is 0 Å². The van der Waals surface area contributed by atoms with Crippen molar-refractivity contribution in [3.05, 3.63) is 29.3 Å². The van der Waals surface area contributed by atoms with Crippen LogP contribution in [-0.2, 0) is 4.79 Å². The molecule has 2 N–H and O–H groups in total. The second kappa shape index (κ2) is 3.59. The number of phenols is 1. The first-order valence-corrected chi connectivity index (χ1v) is 5.50. The Morgan fingerprint density at radius 2 is 2.25 bits per heavy atom. The maximum Gasteiger partial charge on any atom is 0.150 e. The molecule has 0 radical (unpaired) electrons. The summed E-state index contributed by atoms with van der Waals surface area (Å²) in [4.78, 5) is 11.6. The number of phenolic OH excluding ortho intramolecular Hbond substituents is 1. The van der Waals surface area contributed by atoms with Gasteiger partial charge in [0.2, 0.25) is 0 Å². The number of benzene rings is 1. The number of carbonyl (C=O) groups is 1. The van der Waals surface area contributed by atoms with Crippen LogP contribution in [0.4, 0.5) is 0 Å². The molecule has 86 valence electrons. The number of aromatic hydroxyl groups is 1. The average Bonchev–Trinajstić information content (AvgIpc) is 2.98. The number of Topliss-reactive ketones (excluding diaryl/α,β-unsaturated/α-hetero) is 1. The van der Waals surface area contributed by atoms with Crippen molar-refractivity contribution in [1.29, 1.82) is 0 Å². The van der Waals surface area contributed by atoms with Gasteiger partial charge in [-0.3, -0.25) is 4.79 Å². The number of nitrogens with one attached hydrogen (secondary N) is 1. The summed E-state index contributed by atoms with van der Waals surface area (Å²) in [7, 11) is 1.83. The summed E-state index contributed by atoms with van der Waals surface area (Å²) in [6.45, 7) is 3.50. The van der Waals surface area contributed by atoms with Gasteiger partial charge in [-0.15, -0.1) is 0 Å². The lowest BCUT2D eigenvalue weighted by atomic mass is 10.0. The fourth-order valence-electron chi connectivity index (χ4n) is 2.40. The molecule has 1 aromatic rings. The topological polar surface area (TPSA) is 49.3 Å². The van der Waals surface area contributed by atoms with Crippen LogP contribution in [-0.4, -0.2) is 23.5 Å². The SMILES string of the molecule is CNC1(C(C)=O)CC1c1ccc(O)c(C)c1. The third kappa shape index (κ3) is 1.52. The monoisotopic (exact) mass is 219 g/mol. The standard InChI is InChI=1S/C13H17NO2/c1-8-6-10(4-5-12(8)16)11-7-13(11,14-3)9(2)15/h4-6,11,14,16H,7H2,1-3H3. The Balaban J connectivity index is 2.28. The zero-order valence-electron chi connectivity index (χ0n) is 9.87. The highest BCUT2D eigenvalue weighted by Gasteiger charge is 2.57. The van der Waals surface area contributed by atoms with Crippen molar-refractivity contribution < 1.29 is 9.90 Å². The summed E-state index contributed by atoms with van der Waals surface area (Å²) in [6, 6.07) is 5.56. The van der Waals surface area contributed by atoms with E-state index >= 15 is 0 Å². The van der Waals surface area contributed by atoms with Gasteiger partial charge >= 0.3 is 0 Å². The quantitative estimate of drug-likeness (QED) is 0.814. The fraction of sp³-hybridized carbons (Fsp3) is 0.462. The first kappa shape index (κ1) is 11.1. The number of rotatable bonds is 3. The molecule has 1 aromatic carbocycles. The van der Waals surface area contributed by atoms with E-state index in [2.05, 4.69) is 5.32 Å². The maximum atomic E-state index is 11.6. The second-order valence-corrected chi connectivity index (χ2v) is 4.58. The normalized spacial score (nSPS) is 27.8. The van der Waals surface area contributed by atoms with E-state index < -0.39 is 0 Å². The molecule has 0 aromatic heterocycles. The predicted molar refractivity (Wildman–Crippen MR) is 62.7 cm³/mol. The Bertz CT molecular complexity index is 442. The lowest BCUT2D eigenvalue weighted by Crippen LogP contribution is -2.36. The van der Waals surface area contributed by atoms with Crippen LogP contribution in [0.15, 0.2) is 18.2 Å². The van der Waals surface area contributed by atoms with E-state index in [0.717, 1.165) is 17.5 Å². The van der Waals surface area contributed by atoms with Gasteiger partial charge in [-0.05, 0) is 44.5 Å². The van der Waals surface area contributed by atoms with Gasteiger partial charge in [0.1, 0.15) is 11.5 Å². The minimum atomic E-state index is -0.372. The van der Waals surface area contributed by atoms with E-state index in [9.17, 15) is 9.90 Å². The van der Waals surface area contributed by atoms with Gasteiger partial charge < -0.3 is 10.4 Å². The van der Waals surface area contributed by atoms with Gasteiger partial charge in [0.25, 0.3) is 0 Å². The maximum absolute atomic E-state index is 11.6. The van der Waals surface area contributed by atoms with Crippen LogP contribution in [0.25, 0.3) is 0 Å². The van der Waals surface area contributed by atoms with Crippen molar-refractivity contribution in [2.75, 3.05) is 7.05 Å².